The molecule has 0 atom stereocenters. The number of benzene rings is 1. The van der Waals surface area contributed by atoms with Crippen LogP contribution in [0.15, 0.2) is 29.2 Å². The average Bonchev–Trinajstić information content (AvgIpc) is 2.84. The Balaban J connectivity index is 1.54. The third kappa shape index (κ3) is 5.87. The molecule has 2 fully saturated rings. The first kappa shape index (κ1) is 25.9. The van der Waals surface area contributed by atoms with Gasteiger partial charge in [0.05, 0.1) is 22.5 Å². The molecule has 1 aromatic carbocycles. The summed E-state index contributed by atoms with van der Waals surface area (Å²) in [6.45, 7) is 0.523. The number of nitrogens with one attached hydrogen (secondary N) is 1. The highest BCUT2D eigenvalue weighted by atomic mass is 32.2. The summed E-state index contributed by atoms with van der Waals surface area (Å²) in [7, 11) is -7.14. The predicted octanol–water partition coefficient (Wildman–Crippen LogP) is 2.42. The molecule has 1 aromatic rings. The zero-order valence-corrected chi connectivity index (χ0v) is 20.3. The Morgan fingerprint density at radius 3 is 2.27 bits per heavy atom. The first-order valence-electron chi connectivity index (χ1n) is 11.4. The van der Waals surface area contributed by atoms with Crippen LogP contribution in [0.2, 0.25) is 0 Å². The van der Waals surface area contributed by atoms with E-state index in [0.29, 0.717) is 25.2 Å². The zero-order chi connectivity index (χ0) is 24.0. The van der Waals surface area contributed by atoms with E-state index in [1.807, 2.05) is 0 Å². The van der Waals surface area contributed by atoms with Crippen LogP contribution in [-0.4, -0.2) is 63.5 Å². The minimum Gasteiger partial charge on any atom is -0.494 e. The largest absolute Gasteiger partial charge is 0.494 e. The average molecular weight is 504 g/mol. The summed E-state index contributed by atoms with van der Waals surface area (Å²) in [5.74, 6) is -0.345. The maximum atomic E-state index is 13.2. The molecule has 186 valence electrons. The van der Waals surface area contributed by atoms with E-state index < -0.39 is 30.3 Å². The Bertz CT molecular complexity index is 993. The predicted molar refractivity (Wildman–Crippen MR) is 122 cm³/mol. The molecule has 9 nitrogen and oxygen atoms in total. The smallest absolute Gasteiger partial charge is 0.265 e. The van der Waals surface area contributed by atoms with Crippen LogP contribution in [0.1, 0.15) is 57.8 Å². The molecule has 33 heavy (non-hydrogen) atoms. The lowest BCUT2D eigenvalue weighted by Crippen LogP contribution is -2.54. The molecule has 1 aliphatic carbocycles. The van der Waals surface area contributed by atoms with Crippen molar-refractivity contribution in [3.05, 3.63) is 24.3 Å². The van der Waals surface area contributed by atoms with Crippen LogP contribution in [0.25, 0.3) is 0 Å². The Labute approximate surface area is 195 Å². The van der Waals surface area contributed by atoms with Crippen LogP contribution < -0.4 is 10.2 Å². The minimum atomic E-state index is -4.08. The van der Waals surface area contributed by atoms with E-state index >= 15 is 0 Å². The van der Waals surface area contributed by atoms with Gasteiger partial charge in [-0.05, 0) is 62.8 Å². The molecule has 1 amide bonds. The fourth-order valence-electron chi connectivity index (χ4n) is 4.55. The molecule has 0 spiro atoms. The van der Waals surface area contributed by atoms with Crippen LogP contribution in [0.4, 0.5) is 0 Å². The molecule has 2 aliphatic rings. The number of hydroxylamine groups is 1. The van der Waals surface area contributed by atoms with Crippen molar-refractivity contribution in [3.8, 4) is 5.75 Å². The molecule has 2 N–H and O–H groups in total. The lowest BCUT2D eigenvalue weighted by Gasteiger charge is -2.34. The summed E-state index contributed by atoms with van der Waals surface area (Å²) in [6.07, 6.45) is 5.61. The Morgan fingerprint density at radius 1 is 1.03 bits per heavy atom. The summed E-state index contributed by atoms with van der Waals surface area (Å²) in [4.78, 5) is 12.2. The Hall–Kier alpha value is -1.69. The number of sulfone groups is 2. The van der Waals surface area contributed by atoms with E-state index in [1.54, 1.807) is 0 Å². The summed E-state index contributed by atoms with van der Waals surface area (Å²) >= 11 is 0. The normalized spacial score (nSPS) is 19.7. The van der Waals surface area contributed by atoms with Crippen molar-refractivity contribution in [1.29, 1.82) is 0 Å². The Kier molecular flexibility index (Phi) is 8.76. The first-order chi connectivity index (χ1) is 15.7. The summed E-state index contributed by atoms with van der Waals surface area (Å²) in [5, 5.41) is 8.91. The first-order valence-corrected chi connectivity index (χ1v) is 14.6. The van der Waals surface area contributed by atoms with E-state index in [-0.39, 0.29) is 42.0 Å². The highest BCUT2D eigenvalue weighted by Crippen LogP contribution is 2.35. The number of unbranched alkanes of at least 4 members (excludes halogenated alkanes) is 1. The number of carbonyl (C=O) groups is 1. The van der Waals surface area contributed by atoms with E-state index in [4.69, 9.17) is 14.7 Å². The monoisotopic (exact) mass is 503 g/mol. The molecule has 3 rings (SSSR count). The van der Waals surface area contributed by atoms with Crippen molar-refractivity contribution in [3.63, 3.8) is 0 Å². The van der Waals surface area contributed by atoms with Gasteiger partial charge in [-0.1, -0.05) is 19.3 Å². The lowest BCUT2D eigenvalue weighted by atomic mass is 9.98. The number of hydrogen-bond donors (Lipinski definition) is 2. The molecule has 1 aliphatic heterocycles. The zero-order valence-electron chi connectivity index (χ0n) is 18.7. The summed E-state index contributed by atoms with van der Waals surface area (Å²) < 4.78 is 60.4. The van der Waals surface area contributed by atoms with Gasteiger partial charge in [0.2, 0.25) is 0 Å². The van der Waals surface area contributed by atoms with Gasteiger partial charge in [-0.15, -0.1) is 0 Å². The summed E-state index contributed by atoms with van der Waals surface area (Å²) in [5.41, 5.74) is 1.49. The number of rotatable bonds is 10. The highest BCUT2D eigenvalue weighted by Gasteiger charge is 2.52. The molecule has 11 heteroatoms. The summed E-state index contributed by atoms with van der Waals surface area (Å²) in [6, 6.07) is 5.77. The van der Waals surface area contributed by atoms with Crippen LogP contribution in [0, 0.1) is 0 Å². The van der Waals surface area contributed by atoms with E-state index in [1.165, 1.54) is 29.7 Å². The third-order valence-corrected chi connectivity index (χ3v) is 11.5. The second-order valence-corrected chi connectivity index (χ2v) is 13.4. The molecular formula is C22H33NO8S2. The van der Waals surface area contributed by atoms with Crippen molar-refractivity contribution in [2.45, 2.75) is 72.7 Å². The van der Waals surface area contributed by atoms with Gasteiger partial charge in [0.15, 0.2) is 24.4 Å². The standard InChI is InChI=1S/C22H33NO8S2/c24-21(23-25)22(12-15-30-16-13-22)33(28,29)20-10-8-18(9-11-20)31-14-4-5-17-32(26,27)19-6-2-1-3-7-19/h8-11,19,25H,1-7,12-17H2,(H,23,24). The fourth-order valence-corrected chi connectivity index (χ4v) is 8.48. The molecule has 1 saturated carbocycles. The van der Waals surface area contributed by atoms with Crippen molar-refractivity contribution < 1.29 is 36.3 Å². The van der Waals surface area contributed by atoms with Gasteiger partial charge in [0.25, 0.3) is 5.91 Å². The maximum Gasteiger partial charge on any atom is 0.265 e. The number of carbonyl (C=O) groups excluding carboxylic acids is 1. The van der Waals surface area contributed by atoms with Gasteiger partial charge in [-0.3, -0.25) is 10.0 Å². The number of ether oxygens (including phenoxy) is 2. The third-order valence-electron chi connectivity index (χ3n) is 6.62. The van der Waals surface area contributed by atoms with Crippen LogP contribution in [0.3, 0.4) is 0 Å². The van der Waals surface area contributed by atoms with Crippen LogP contribution in [-0.2, 0) is 29.2 Å². The van der Waals surface area contributed by atoms with Gasteiger partial charge in [-0.25, -0.2) is 22.3 Å². The molecular weight excluding hydrogens is 470 g/mol. The molecule has 1 heterocycles. The number of amides is 1. The SMILES string of the molecule is O=C(NO)C1(S(=O)(=O)c2ccc(OCCCCS(=O)(=O)C3CCCCC3)cc2)CCOCC1. The van der Waals surface area contributed by atoms with E-state index in [0.717, 1.165) is 32.1 Å². The maximum absolute atomic E-state index is 13.2. The topological polar surface area (TPSA) is 136 Å². The molecule has 1 saturated heterocycles. The molecule has 0 radical (unpaired) electrons. The van der Waals surface area contributed by atoms with Gasteiger partial charge < -0.3 is 9.47 Å². The van der Waals surface area contributed by atoms with E-state index in [2.05, 4.69) is 0 Å². The Morgan fingerprint density at radius 2 is 1.67 bits per heavy atom. The van der Waals surface area contributed by atoms with Gasteiger partial charge in [0, 0.05) is 13.2 Å². The van der Waals surface area contributed by atoms with Gasteiger partial charge >= 0.3 is 0 Å². The van der Waals surface area contributed by atoms with Crippen molar-refractivity contribution in [2.24, 2.45) is 0 Å². The minimum absolute atomic E-state index is 0.0427. The fraction of sp³-hybridized carbons (Fsp3) is 0.682. The van der Waals surface area contributed by atoms with E-state index in [9.17, 15) is 21.6 Å². The highest BCUT2D eigenvalue weighted by molar-refractivity contribution is 7.93. The molecule has 0 unspecified atom stereocenters. The second-order valence-electron chi connectivity index (χ2n) is 8.71. The van der Waals surface area contributed by atoms with Crippen LogP contribution in [0.5, 0.6) is 5.75 Å². The molecule has 0 bridgehead atoms. The van der Waals surface area contributed by atoms with Crippen molar-refractivity contribution in [2.75, 3.05) is 25.6 Å². The van der Waals surface area contributed by atoms with Crippen molar-refractivity contribution >= 4 is 25.6 Å². The number of hydrogen-bond acceptors (Lipinski definition) is 8. The second kappa shape index (κ2) is 11.2. The quantitative estimate of drug-likeness (QED) is 0.282. The van der Waals surface area contributed by atoms with Gasteiger partial charge in [-0.2, -0.15) is 0 Å². The van der Waals surface area contributed by atoms with Crippen molar-refractivity contribution in [1.82, 2.24) is 5.48 Å². The lowest BCUT2D eigenvalue weighted by molar-refractivity contribution is -0.134. The van der Waals surface area contributed by atoms with Gasteiger partial charge in [0.1, 0.15) is 5.75 Å². The molecule has 0 aromatic heterocycles. The van der Waals surface area contributed by atoms with Crippen LogP contribution >= 0.6 is 0 Å².